The Hall–Kier alpha value is -2.87. The topological polar surface area (TPSA) is 93.6 Å². The second-order valence-electron chi connectivity index (χ2n) is 5.81. The zero-order valence-corrected chi connectivity index (χ0v) is 15.0. The number of amides is 2. The van der Waals surface area contributed by atoms with Gasteiger partial charge in [0.15, 0.2) is 0 Å². The summed E-state index contributed by atoms with van der Waals surface area (Å²) in [5, 5.41) is 1.84. The highest BCUT2D eigenvalue weighted by atomic mass is 32.1. The first kappa shape index (κ1) is 17.9. The summed E-state index contributed by atoms with van der Waals surface area (Å²) < 4.78 is 4.39. The van der Waals surface area contributed by atoms with Crippen LogP contribution in [0.25, 0.3) is 10.6 Å². The second-order valence-corrected chi connectivity index (χ2v) is 6.73. The number of hydrogen-bond acceptors (Lipinski definition) is 7. The number of imide groups is 1. The average molecular weight is 372 g/mol. The van der Waals surface area contributed by atoms with Gasteiger partial charge in [0.25, 0.3) is 5.78 Å². The fourth-order valence-corrected chi connectivity index (χ4v) is 3.93. The van der Waals surface area contributed by atoms with E-state index >= 15 is 0 Å². The van der Waals surface area contributed by atoms with E-state index in [0.29, 0.717) is 5.56 Å². The molecular weight excluding hydrogens is 356 g/mol. The normalized spacial score (nSPS) is 18.1. The monoisotopic (exact) mass is 372 g/mol. The van der Waals surface area contributed by atoms with Crippen LogP contribution in [-0.2, 0) is 23.9 Å². The lowest BCUT2D eigenvalue weighted by Crippen LogP contribution is -2.45. The number of pyridine rings is 1. The van der Waals surface area contributed by atoms with Crippen molar-refractivity contribution in [2.45, 2.75) is 25.3 Å². The van der Waals surface area contributed by atoms with Crippen molar-refractivity contribution in [2.24, 2.45) is 0 Å². The van der Waals surface area contributed by atoms with Gasteiger partial charge in [-0.1, -0.05) is 6.07 Å². The third kappa shape index (κ3) is 3.03. The number of methoxy groups -OCH3 is 1. The van der Waals surface area contributed by atoms with Crippen LogP contribution in [0.15, 0.2) is 35.8 Å². The van der Waals surface area contributed by atoms with Crippen LogP contribution >= 0.6 is 11.3 Å². The molecule has 2 atom stereocenters. The first-order valence-corrected chi connectivity index (χ1v) is 8.80. The largest absolute Gasteiger partial charge is 0.463 e. The Balaban J connectivity index is 1.90. The molecule has 2 amide bonds. The number of aromatic nitrogens is 1. The first-order valence-electron chi connectivity index (χ1n) is 7.92. The molecule has 0 bridgehead atoms. The number of ketones is 1. The summed E-state index contributed by atoms with van der Waals surface area (Å²) in [5.41, 5.74) is 1.42. The van der Waals surface area contributed by atoms with E-state index in [0.717, 1.165) is 22.6 Å². The van der Waals surface area contributed by atoms with Gasteiger partial charge >= 0.3 is 5.97 Å². The summed E-state index contributed by atoms with van der Waals surface area (Å²) in [6, 6.07) is 6.07. The van der Waals surface area contributed by atoms with Crippen LogP contribution in [0.5, 0.6) is 0 Å². The smallest absolute Gasteiger partial charge is 0.376 e. The van der Waals surface area contributed by atoms with Crippen molar-refractivity contribution in [2.75, 3.05) is 7.11 Å². The Morgan fingerprint density at radius 3 is 2.73 bits per heavy atom. The quantitative estimate of drug-likeness (QED) is 0.451. The van der Waals surface area contributed by atoms with Crippen molar-refractivity contribution in [1.29, 1.82) is 0 Å². The van der Waals surface area contributed by atoms with E-state index in [2.05, 4.69) is 9.72 Å². The molecule has 1 saturated heterocycles. The number of nitrogens with zero attached hydrogens (tertiary/aromatic N) is 2. The average Bonchev–Trinajstić information content (AvgIpc) is 3.25. The molecule has 1 aliphatic rings. The van der Waals surface area contributed by atoms with E-state index in [1.54, 1.807) is 18.3 Å². The van der Waals surface area contributed by atoms with E-state index in [-0.39, 0.29) is 6.42 Å². The van der Waals surface area contributed by atoms with Crippen LogP contribution in [0.1, 0.15) is 24.8 Å². The molecule has 0 unspecified atom stereocenters. The Labute approximate surface area is 153 Å². The van der Waals surface area contributed by atoms with Gasteiger partial charge in [0.2, 0.25) is 11.8 Å². The van der Waals surface area contributed by atoms with Crippen LogP contribution in [-0.4, -0.2) is 46.6 Å². The van der Waals surface area contributed by atoms with Crippen LogP contribution < -0.4 is 0 Å². The molecule has 1 fully saturated rings. The number of carbonyl (C=O) groups excluding carboxylic acids is 4. The maximum absolute atomic E-state index is 12.8. The van der Waals surface area contributed by atoms with Gasteiger partial charge in [0.1, 0.15) is 6.04 Å². The summed E-state index contributed by atoms with van der Waals surface area (Å²) in [7, 11) is 1.08. The Kier molecular flexibility index (Phi) is 4.94. The molecule has 0 radical (unpaired) electrons. The number of rotatable bonds is 5. The van der Waals surface area contributed by atoms with Gasteiger partial charge in [0.05, 0.1) is 23.6 Å². The second kappa shape index (κ2) is 7.17. The molecule has 8 heteroatoms. The molecule has 3 heterocycles. The van der Waals surface area contributed by atoms with Crippen molar-refractivity contribution < 1.29 is 23.9 Å². The molecule has 26 heavy (non-hydrogen) atoms. The molecule has 3 rings (SSSR count). The molecular formula is C18H16N2O5S. The predicted molar refractivity (Wildman–Crippen MR) is 93.2 cm³/mol. The number of likely N-dealkylation sites (tertiary alicyclic amines) is 1. The van der Waals surface area contributed by atoms with Crippen LogP contribution in [0, 0.1) is 0 Å². The van der Waals surface area contributed by atoms with E-state index in [4.69, 9.17) is 0 Å². The molecule has 134 valence electrons. The van der Waals surface area contributed by atoms with Crippen LogP contribution in [0.3, 0.4) is 0 Å². The predicted octanol–water partition coefficient (Wildman–Crippen LogP) is 1.78. The summed E-state index contributed by atoms with van der Waals surface area (Å²) in [4.78, 5) is 54.6. The van der Waals surface area contributed by atoms with Crippen molar-refractivity contribution in [3.63, 3.8) is 0 Å². The summed E-state index contributed by atoms with van der Waals surface area (Å²) in [5.74, 6) is -3.67. The lowest BCUT2D eigenvalue weighted by molar-refractivity contribution is -0.156. The molecule has 0 saturated carbocycles. The van der Waals surface area contributed by atoms with Crippen molar-refractivity contribution >= 4 is 34.9 Å². The third-order valence-electron chi connectivity index (χ3n) is 4.30. The number of carbonyl (C=O) groups is 4. The molecule has 0 spiro atoms. The standard InChI is InChI=1S/C18H16N2O5S/c1-10(15(22)18(24)25-2)20-14(21)9-12(17(20)23)11-6-8-26-16(11)13-5-3-4-7-19-13/h3-8,10,12H,9H2,1-2H3/t10-,12-/m1/s1. The molecule has 2 aromatic rings. The third-order valence-corrected chi connectivity index (χ3v) is 5.26. The van der Waals surface area contributed by atoms with Crippen LogP contribution in [0.2, 0.25) is 0 Å². The van der Waals surface area contributed by atoms with Crippen molar-refractivity contribution in [3.05, 3.63) is 41.4 Å². The molecule has 2 aromatic heterocycles. The number of hydrogen-bond donors (Lipinski definition) is 0. The maximum Gasteiger partial charge on any atom is 0.376 e. The highest BCUT2D eigenvalue weighted by Gasteiger charge is 2.45. The van der Waals surface area contributed by atoms with E-state index in [1.165, 1.54) is 18.3 Å². The van der Waals surface area contributed by atoms with Gasteiger partial charge in [-0.3, -0.25) is 24.3 Å². The SMILES string of the molecule is COC(=O)C(=O)[C@@H](C)N1C(=O)C[C@H](c2ccsc2-c2ccccn2)C1=O. The fraction of sp³-hybridized carbons (Fsp3) is 0.278. The molecule has 0 aromatic carbocycles. The van der Waals surface area contributed by atoms with Crippen LogP contribution in [0.4, 0.5) is 0 Å². The summed E-state index contributed by atoms with van der Waals surface area (Å²) in [6.45, 7) is 1.35. The van der Waals surface area contributed by atoms with E-state index in [9.17, 15) is 19.2 Å². The highest BCUT2D eigenvalue weighted by molar-refractivity contribution is 7.13. The van der Waals surface area contributed by atoms with E-state index < -0.39 is 35.5 Å². The number of Topliss-reactive ketones (excluding diaryl/α,β-unsaturated/α-hetero) is 1. The van der Waals surface area contributed by atoms with Gasteiger partial charge in [0, 0.05) is 12.6 Å². The van der Waals surface area contributed by atoms with Crippen molar-refractivity contribution in [3.8, 4) is 10.6 Å². The molecule has 7 nitrogen and oxygen atoms in total. The van der Waals surface area contributed by atoms with Gasteiger partial charge in [-0.2, -0.15) is 0 Å². The highest BCUT2D eigenvalue weighted by Crippen LogP contribution is 2.39. The Morgan fingerprint density at radius 1 is 1.31 bits per heavy atom. The molecule has 0 aliphatic carbocycles. The number of esters is 1. The molecule has 1 aliphatic heterocycles. The minimum absolute atomic E-state index is 0.0474. The number of thiophene rings is 1. The fourth-order valence-electron chi connectivity index (χ4n) is 2.99. The molecule has 0 N–H and O–H groups in total. The Morgan fingerprint density at radius 2 is 2.08 bits per heavy atom. The zero-order valence-electron chi connectivity index (χ0n) is 14.2. The minimum Gasteiger partial charge on any atom is -0.463 e. The van der Waals surface area contributed by atoms with Gasteiger partial charge < -0.3 is 4.74 Å². The van der Waals surface area contributed by atoms with Gasteiger partial charge in [-0.15, -0.1) is 11.3 Å². The van der Waals surface area contributed by atoms with Crippen molar-refractivity contribution in [1.82, 2.24) is 9.88 Å². The summed E-state index contributed by atoms with van der Waals surface area (Å²) >= 11 is 1.43. The maximum atomic E-state index is 12.8. The summed E-state index contributed by atoms with van der Waals surface area (Å²) in [6.07, 6.45) is 1.61. The van der Waals surface area contributed by atoms with Gasteiger partial charge in [-0.25, -0.2) is 4.79 Å². The first-order chi connectivity index (χ1) is 12.5. The Bertz CT molecular complexity index is 877. The lowest BCUT2D eigenvalue weighted by atomic mass is 9.97. The van der Waals surface area contributed by atoms with Gasteiger partial charge in [-0.05, 0) is 36.1 Å². The minimum atomic E-state index is -1.19. The lowest BCUT2D eigenvalue weighted by Gasteiger charge is -2.21. The number of ether oxygens (including phenoxy) is 1. The zero-order chi connectivity index (χ0) is 18.8. The van der Waals surface area contributed by atoms with E-state index in [1.807, 2.05) is 17.5 Å².